The van der Waals surface area contributed by atoms with Crippen LogP contribution in [-0.2, 0) is 0 Å². The SMILES string of the molecule is COc1c(N2C[C@H]3[C@@H](F)CC[C@@]3(N)C2)c(F)cc2c(=O)c(C(=O)O)cn([C@@H]3C[C@@H]3F)c12. The number of anilines is 1. The van der Waals surface area contributed by atoms with E-state index in [1.54, 1.807) is 4.90 Å². The van der Waals surface area contributed by atoms with Crippen LogP contribution in [0.1, 0.15) is 35.7 Å². The number of hydrogen-bond acceptors (Lipinski definition) is 5. The molecule has 0 radical (unpaired) electrons. The number of rotatable bonds is 4. The van der Waals surface area contributed by atoms with Gasteiger partial charge in [0.15, 0.2) is 11.6 Å². The molecule has 31 heavy (non-hydrogen) atoms. The number of alkyl halides is 2. The molecule has 2 saturated carbocycles. The number of carboxylic acids is 1. The Labute approximate surface area is 175 Å². The van der Waals surface area contributed by atoms with Crippen LogP contribution in [0.5, 0.6) is 5.75 Å². The first kappa shape index (κ1) is 20.2. The summed E-state index contributed by atoms with van der Waals surface area (Å²) in [6, 6.07) is 0.278. The third kappa shape index (κ3) is 2.84. The summed E-state index contributed by atoms with van der Waals surface area (Å²) < 4.78 is 50.5. The highest BCUT2D eigenvalue weighted by atomic mass is 19.1. The molecule has 0 amide bonds. The first-order valence-corrected chi connectivity index (χ1v) is 10.2. The van der Waals surface area contributed by atoms with Gasteiger partial charge in [0, 0.05) is 37.2 Å². The van der Waals surface area contributed by atoms with Crippen molar-refractivity contribution in [3.8, 4) is 5.75 Å². The standard InChI is InChI=1S/C21H22F3N3O4/c1-31-19-16-9(18(28)10(20(29)30)6-27(16)15-5-13(15)23)4-14(24)17(19)26-7-11-12(22)2-3-21(11,25)8-26/h4,6,11-13,15H,2-3,5,7-8,25H2,1H3,(H,29,30)/t11-,12-,13-,15+,21+/m0/s1. The Bertz CT molecular complexity index is 1170. The second-order valence-electron chi connectivity index (χ2n) is 8.81. The number of pyridine rings is 1. The summed E-state index contributed by atoms with van der Waals surface area (Å²) in [5, 5.41) is 9.19. The summed E-state index contributed by atoms with van der Waals surface area (Å²) in [6.45, 7) is 0.395. The van der Waals surface area contributed by atoms with Gasteiger partial charge in [-0.05, 0) is 18.9 Å². The van der Waals surface area contributed by atoms with Gasteiger partial charge in [-0.15, -0.1) is 0 Å². The van der Waals surface area contributed by atoms with Crippen LogP contribution in [0.3, 0.4) is 0 Å². The predicted molar refractivity (Wildman–Crippen MR) is 107 cm³/mol. The number of benzene rings is 1. The van der Waals surface area contributed by atoms with E-state index in [0.717, 1.165) is 12.3 Å². The van der Waals surface area contributed by atoms with E-state index in [1.807, 2.05) is 0 Å². The maximum Gasteiger partial charge on any atom is 0.341 e. The highest BCUT2D eigenvalue weighted by Crippen LogP contribution is 2.49. The molecule has 1 saturated heterocycles. The van der Waals surface area contributed by atoms with Gasteiger partial charge in [0.05, 0.1) is 24.1 Å². The lowest BCUT2D eigenvalue weighted by Crippen LogP contribution is -2.45. The minimum Gasteiger partial charge on any atom is -0.492 e. The Morgan fingerprint density at radius 2 is 2.06 bits per heavy atom. The summed E-state index contributed by atoms with van der Waals surface area (Å²) in [4.78, 5) is 25.9. The van der Waals surface area contributed by atoms with Gasteiger partial charge in [0.1, 0.15) is 23.6 Å². The zero-order chi connectivity index (χ0) is 22.2. The lowest BCUT2D eigenvalue weighted by molar-refractivity contribution is 0.0694. The van der Waals surface area contributed by atoms with Crippen LogP contribution in [-0.4, -0.2) is 53.7 Å². The Morgan fingerprint density at radius 3 is 2.65 bits per heavy atom. The second-order valence-corrected chi connectivity index (χ2v) is 8.81. The number of nitrogens with two attached hydrogens (primary N) is 1. The molecule has 0 spiro atoms. The van der Waals surface area contributed by atoms with Gasteiger partial charge in [-0.2, -0.15) is 0 Å². The number of hydrogen-bond donors (Lipinski definition) is 2. The smallest absolute Gasteiger partial charge is 0.341 e. The molecular formula is C21H22F3N3O4. The lowest BCUT2D eigenvalue weighted by Gasteiger charge is -2.26. The van der Waals surface area contributed by atoms with Crippen molar-refractivity contribution in [2.45, 2.75) is 43.2 Å². The second kappa shape index (κ2) is 6.62. The quantitative estimate of drug-likeness (QED) is 0.763. The monoisotopic (exact) mass is 437 g/mol. The van der Waals surface area contributed by atoms with E-state index in [-0.39, 0.29) is 41.9 Å². The van der Waals surface area contributed by atoms with Crippen LogP contribution in [0.15, 0.2) is 17.1 Å². The minimum atomic E-state index is -1.48. The fraction of sp³-hybridized carbons (Fsp3) is 0.524. The molecule has 1 aliphatic heterocycles. The summed E-state index contributed by atoms with van der Waals surface area (Å²) in [5.41, 5.74) is 4.31. The highest BCUT2D eigenvalue weighted by molar-refractivity contribution is 5.97. The number of aromatic nitrogens is 1. The van der Waals surface area contributed by atoms with Gasteiger partial charge < -0.3 is 25.0 Å². The van der Waals surface area contributed by atoms with E-state index < -0.39 is 52.6 Å². The lowest BCUT2D eigenvalue weighted by atomic mass is 9.92. The van der Waals surface area contributed by atoms with Crippen LogP contribution in [0, 0.1) is 11.7 Å². The largest absolute Gasteiger partial charge is 0.492 e. The molecule has 5 atom stereocenters. The molecule has 166 valence electrons. The zero-order valence-electron chi connectivity index (χ0n) is 16.8. The number of carboxylic acid groups (broad SMARTS) is 1. The van der Waals surface area contributed by atoms with Gasteiger partial charge in [-0.25, -0.2) is 18.0 Å². The third-order valence-electron chi connectivity index (χ3n) is 6.95. The molecule has 2 aliphatic carbocycles. The number of nitrogens with zero attached hydrogens (tertiary/aromatic N) is 2. The number of carbonyl (C=O) groups is 1. The first-order valence-electron chi connectivity index (χ1n) is 10.2. The number of halogens is 3. The fourth-order valence-corrected chi connectivity index (χ4v) is 5.26. The van der Waals surface area contributed by atoms with Crippen LogP contribution >= 0.6 is 0 Å². The van der Waals surface area contributed by atoms with Crippen molar-refractivity contribution in [3.05, 3.63) is 33.9 Å². The molecule has 2 heterocycles. The number of methoxy groups -OCH3 is 1. The molecule has 10 heteroatoms. The molecule has 3 N–H and O–H groups in total. The van der Waals surface area contributed by atoms with Crippen molar-refractivity contribution in [2.24, 2.45) is 11.7 Å². The molecule has 1 aromatic heterocycles. The minimum absolute atomic E-state index is 0.0119. The first-order chi connectivity index (χ1) is 14.7. The van der Waals surface area contributed by atoms with Crippen molar-refractivity contribution in [1.82, 2.24) is 4.57 Å². The van der Waals surface area contributed by atoms with E-state index >= 15 is 4.39 Å². The van der Waals surface area contributed by atoms with Gasteiger partial charge in [0.2, 0.25) is 5.43 Å². The molecular weight excluding hydrogens is 415 g/mol. The number of ether oxygens (including phenoxy) is 1. The van der Waals surface area contributed by atoms with E-state index in [1.165, 1.54) is 11.7 Å². The topological polar surface area (TPSA) is 97.8 Å². The average Bonchev–Trinajstić information content (AvgIpc) is 3.24. The number of aromatic carboxylic acids is 1. The molecule has 5 rings (SSSR count). The maximum atomic E-state index is 15.3. The average molecular weight is 437 g/mol. The fourth-order valence-electron chi connectivity index (χ4n) is 5.26. The van der Waals surface area contributed by atoms with E-state index in [0.29, 0.717) is 12.8 Å². The molecule has 2 aromatic rings. The van der Waals surface area contributed by atoms with Crippen LogP contribution in [0.4, 0.5) is 18.9 Å². The summed E-state index contributed by atoms with van der Waals surface area (Å²) >= 11 is 0. The van der Waals surface area contributed by atoms with E-state index in [9.17, 15) is 23.5 Å². The molecule has 1 aromatic carbocycles. The Balaban J connectivity index is 1.75. The van der Waals surface area contributed by atoms with Crippen LogP contribution < -0.4 is 20.8 Å². The summed E-state index contributed by atoms with van der Waals surface area (Å²) in [7, 11) is 1.30. The predicted octanol–water partition coefficient (Wildman–Crippen LogP) is 2.40. The number of fused-ring (bicyclic) bond motifs is 2. The molecule has 0 bridgehead atoms. The van der Waals surface area contributed by atoms with Crippen molar-refractivity contribution in [1.29, 1.82) is 0 Å². The zero-order valence-corrected chi connectivity index (χ0v) is 16.8. The van der Waals surface area contributed by atoms with Crippen molar-refractivity contribution in [3.63, 3.8) is 0 Å². The van der Waals surface area contributed by atoms with Crippen LogP contribution in [0.25, 0.3) is 10.9 Å². The molecule has 7 nitrogen and oxygen atoms in total. The Kier molecular flexibility index (Phi) is 4.31. The normalized spacial score (nSPS) is 31.8. The van der Waals surface area contributed by atoms with Gasteiger partial charge >= 0.3 is 5.97 Å². The maximum absolute atomic E-state index is 15.3. The summed E-state index contributed by atoms with van der Waals surface area (Å²) in [6.07, 6.45) is -0.221. The molecule has 0 unspecified atom stereocenters. The van der Waals surface area contributed by atoms with Gasteiger partial charge in [-0.3, -0.25) is 4.79 Å². The van der Waals surface area contributed by atoms with E-state index in [4.69, 9.17) is 10.5 Å². The highest BCUT2D eigenvalue weighted by Gasteiger charge is 2.53. The van der Waals surface area contributed by atoms with Gasteiger partial charge in [-0.1, -0.05) is 0 Å². The third-order valence-corrected chi connectivity index (χ3v) is 6.95. The van der Waals surface area contributed by atoms with Crippen molar-refractivity contribution < 1.29 is 27.8 Å². The van der Waals surface area contributed by atoms with Gasteiger partial charge in [0.25, 0.3) is 0 Å². The van der Waals surface area contributed by atoms with E-state index in [2.05, 4.69) is 0 Å². The van der Waals surface area contributed by atoms with Crippen molar-refractivity contribution >= 4 is 22.6 Å². The Hall–Kier alpha value is -2.75. The molecule has 3 aliphatic rings. The van der Waals surface area contributed by atoms with Crippen molar-refractivity contribution in [2.75, 3.05) is 25.1 Å². The van der Waals surface area contributed by atoms with Crippen LogP contribution in [0.2, 0.25) is 0 Å². The molecule has 3 fully saturated rings. The Morgan fingerprint density at radius 1 is 1.35 bits per heavy atom. The summed E-state index contributed by atoms with van der Waals surface area (Å²) in [5.74, 6) is -2.75.